The van der Waals surface area contributed by atoms with Crippen molar-refractivity contribution >= 4 is 24.0 Å². The lowest BCUT2D eigenvalue weighted by molar-refractivity contribution is -0.122. The van der Waals surface area contributed by atoms with Crippen LogP contribution in [0.1, 0.15) is 38.2 Å². The van der Waals surface area contributed by atoms with Gasteiger partial charge in [0.2, 0.25) is 11.8 Å². The van der Waals surface area contributed by atoms with Crippen LogP contribution in [0.15, 0.2) is 30.3 Å². The molecule has 1 aliphatic rings. The Balaban J connectivity index is 1.59. The van der Waals surface area contributed by atoms with Gasteiger partial charge in [0, 0.05) is 38.2 Å². The maximum atomic E-state index is 12.1. The predicted octanol–water partition coefficient (Wildman–Crippen LogP) is 2.34. The van der Waals surface area contributed by atoms with Crippen LogP contribution in [-0.2, 0) is 14.3 Å². The van der Waals surface area contributed by atoms with E-state index in [0.29, 0.717) is 39.1 Å². The van der Waals surface area contributed by atoms with E-state index in [4.69, 9.17) is 9.47 Å². The lowest BCUT2D eigenvalue weighted by Crippen LogP contribution is -2.46. The van der Waals surface area contributed by atoms with Gasteiger partial charge in [-0.15, -0.1) is 0 Å². The van der Waals surface area contributed by atoms with Gasteiger partial charge < -0.3 is 25.0 Å². The molecule has 0 unspecified atom stereocenters. The number of piperidine rings is 1. The number of carbonyl (C=O) groups is 3. The van der Waals surface area contributed by atoms with Gasteiger partial charge in [0.15, 0.2) is 0 Å². The number of rotatable bonds is 9. The molecular formula is C22H31N3O5. The molecular weight excluding hydrogens is 386 g/mol. The van der Waals surface area contributed by atoms with E-state index < -0.39 is 0 Å². The molecule has 0 bridgehead atoms. The van der Waals surface area contributed by atoms with E-state index in [1.54, 1.807) is 25.0 Å². The van der Waals surface area contributed by atoms with E-state index in [0.717, 1.165) is 24.2 Å². The molecule has 2 rings (SSSR count). The third-order valence-electron chi connectivity index (χ3n) is 4.79. The molecule has 3 amide bonds. The first-order valence-electron chi connectivity index (χ1n) is 10.3. The van der Waals surface area contributed by atoms with Crippen LogP contribution in [0.4, 0.5) is 4.79 Å². The van der Waals surface area contributed by atoms with E-state index in [-0.39, 0.29) is 23.9 Å². The van der Waals surface area contributed by atoms with Crippen LogP contribution in [0, 0.1) is 0 Å². The van der Waals surface area contributed by atoms with E-state index in [9.17, 15) is 14.4 Å². The van der Waals surface area contributed by atoms with Crippen molar-refractivity contribution in [2.75, 3.05) is 33.4 Å². The average Bonchev–Trinajstić information content (AvgIpc) is 2.76. The fourth-order valence-corrected chi connectivity index (χ4v) is 3.16. The molecule has 0 spiro atoms. The van der Waals surface area contributed by atoms with Crippen molar-refractivity contribution in [3.05, 3.63) is 35.9 Å². The standard InChI is InChI=1S/C22H31N3O5/c1-3-30-22(28)25-14-11-18(12-15-25)24-21(27)8-5-13-23-20(26)10-9-17-6-4-7-19(16-17)29-2/h4,6-7,9-10,16,18H,3,5,8,11-15H2,1-2H3,(H,23,26)(H,24,27)/b10-9+. The maximum absolute atomic E-state index is 12.1. The lowest BCUT2D eigenvalue weighted by atomic mass is 10.1. The highest BCUT2D eigenvalue weighted by Gasteiger charge is 2.24. The first-order chi connectivity index (χ1) is 14.5. The number of benzene rings is 1. The fraction of sp³-hybridized carbons (Fsp3) is 0.500. The van der Waals surface area contributed by atoms with Gasteiger partial charge in [-0.3, -0.25) is 9.59 Å². The van der Waals surface area contributed by atoms with Crippen molar-refractivity contribution in [1.29, 1.82) is 0 Å². The van der Waals surface area contributed by atoms with Gasteiger partial charge in [0.05, 0.1) is 13.7 Å². The number of amides is 3. The van der Waals surface area contributed by atoms with E-state index in [1.807, 2.05) is 24.3 Å². The highest BCUT2D eigenvalue weighted by molar-refractivity contribution is 5.91. The summed E-state index contributed by atoms with van der Waals surface area (Å²) >= 11 is 0. The summed E-state index contributed by atoms with van der Waals surface area (Å²) in [5.74, 6) is 0.491. The largest absolute Gasteiger partial charge is 0.497 e. The van der Waals surface area contributed by atoms with Gasteiger partial charge >= 0.3 is 6.09 Å². The number of methoxy groups -OCH3 is 1. The molecule has 0 radical (unpaired) electrons. The number of hydrogen-bond donors (Lipinski definition) is 2. The van der Waals surface area contributed by atoms with Gasteiger partial charge in [-0.05, 0) is 50.0 Å². The molecule has 1 aliphatic heterocycles. The Kier molecular flexibility index (Phi) is 9.70. The van der Waals surface area contributed by atoms with Crippen LogP contribution < -0.4 is 15.4 Å². The van der Waals surface area contributed by atoms with Gasteiger partial charge in [0.1, 0.15) is 5.75 Å². The van der Waals surface area contributed by atoms with Crippen LogP contribution >= 0.6 is 0 Å². The summed E-state index contributed by atoms with van der Waals surface area (Å²) in [5.41, 5.74) is 0.873. The Morgan fingerprint density at radius 2 is 2.00 bits per heavy atom. The van der Waals surface area contributed by atoms with Crippen molar-refractivity contribution in [1.82, 2.24) is 15.5 Å². The monoisotopic (exact) mass is 417 g/mol. The quantitative estimate of drug-likeness (QED) is 0.475. The first kappa shape index (κ1) is 23.3. The van der Waals surface area contributed by atoms with Crippen LogP contribution in [0.5, 0.6) is 5.75 Å². The molecule has 164 valence electrons. The molecule has 0 atom stereocenters. The van der Waals surface area contributed by atoms with Crippen molar-refractivity contribution in [2.24, 2.45) is 0 Å². The zero-order valence-electron chi connectivity index (χ0n) is 17.7. The SMILES string of the molecule is CCOC(=O)N1CCC(NC(=O)CCCNC(=O)/C=C/c2cccc(OC)c2)CC1. The predicted molar refractivity (Wildman–Crippen MR) is 114 cm³/mol. The second-order valence-corrected chi connectivity index (χ2v) is 7.03. The zero-order chi connectivity index (χ0) is 21.8. The summed E-state index contributed by atoms with van der Waals surface area (Å²) in [6.07, 6.45) is 5.23. The summed E-state index contributed by atoms with van der Waals surface area (Å²) < 4.78 is 10.1. The van der Waals surface area contributed by atoms with E-state index in [1.165, 1.54) is 6.08 Å². The highest BCUT2D eigenvalue weighted by atomic mass is 16.6. The Morgan fingerprint density at radius 3 is 2.70 bits per heavy atom. The molecule has 0 saturated carbocycles. The van der Waals surface area contributed by atoms with Crippen molar-refractivity contribution in [3.63, 3.8) is 0 Å². The molecule has 0 aliphatic carbocycles. The molecule has 1 aromatic rings. The number of hydrogen-bond acceptors (Lipinski definition) is 5. The van der Waals surface area contributed by atoms with Crippen LogP contribution in [-0.4, -0.2) is 62.2 Å². The van der Waals surface area contributed by atoms with Crippen LogP contribution in [0.25, 0.3) is 6.08 Å². The molecule has 8 heteroatoms. The maximum Gasteiger partial charge on any atom is 0.409 e. The number of ether oxygens (including phenoxy) is 2. The fourth-order valence-electron chi connectivity index (χ4n) is 3.16. The number of nitrogens with one attached hydrogen (secondary N) is 2. The molecule has 1 aromatic carbocycles. The first-order valence-corrected chi connectivity index (χ1v) is 10.3. The summed E-state index contributed by atoms with van der Waals surface area (Å²) in [7, 11) is 1.60. The average molecular weight is 418 g/mol. The van der Waals surface area contributed by atoms with E-state index >= 15 is 0 Å². The van der Waals surface area contributed by atoms with Crippen molar-refractivity contribution < 1.29 is 23.9 Å². The topological polar surface area (TPSA) is 97.0 Å². The Labute approximate surface area is 177 Å². The second kappa shape index (κ2) is 12.5. The van der Waals surface area contributed by atoms with Gasteiger partial charge in [-0.25, -0.2) is 4.79 Å². The Morgan fingerprint density at radius 1 is 1.23 bits per heavy atom. The van der Waals surface area contributed by atoms with Gasteiger partial charge in [-0.1, -0.05) is 12.1 Å². The third kappa shape index (κ3) is 8.14. The number of nitrogens with zero attached hydrogens (tertiary/aromatic N) is 1. The molecule has 30 heavy (non-hydrogen) atoms. The minimum absolute atomic E-state index is 0.0363. The number of likely N-dealkylation sites (tertiary alicyclic amines) is 1. The molecule has 1 heterocycles. The summed E-state index contributed by atoms with van der Waals surface area (Å²) in [6, 6.07) is 7.49. The summed E-state index contributed by atoms with van der Waals surface area (Å²) in [6.45, 7) is 3.74. The lowest BCUT2D eigenvalue weighted by Gasteiger charge is -2.31. The molecule has 2 N–H and O–H groups in total. The van der Waals surface area contributed by atoms with Crippen LogP contribution in [0.3, 0.4) is 0 Å². The van der Waals surface area contributed by atoms with Gasteiger partial charge in [-0.2, -0.15) is 0 Å². The van der Waals surface area contributed by atoms with Crippen molar-refractivity contribution in [3.8, 4) is 5.75 Å². The molecule has 1 saturated heterocycles. The molecule has 8 nitrogen and oxygen atoms in total. The Hall–Kier alpha value is -3.03. The minimum atomic E-state index is -0.293. The smallest absolute Gasteiger partial charge is 0.409 e. The summed E-state index contributed by atoms with van der Waals surface area (Å²) in [4.78, 5) is 37.3. The Bertz CT molecular complexity index is 742. The molecule has 1 fully saturated rings. The third-order valence-corrected chi connectivity index (χ3v) is 4.79. The van der Waals surface area contributed by atoms with Crippen molar-refractivity contribution in [2.45, 2.75) is 38.6 Å². The normalized spacial score (nSPS) is 14.4. The summed E-state index contributed by atoms with van der Waals surface area (Å²) in [5, 5.41) is 5.78. The minimum Gasteiger partial charge on any atom is -0.497 e. The highest BCUT2D eigenvalue weighted by Crippen LogP contribution is 2.14. The molecule has 0 aromatic heterocycles. The van der Waals surface area contributed by atoms with Crippen LogP contribution in [0.2, 0.25) is 0 Å². The second-order valence-electron chi connectivity index (χ2n) is 7.03. The number of carbonyl (C=O) groups excluding carboxylic acids is 3. The zero-order valence-corrected chi connectivity index (χ0v) is 17.7. The van der Waals surface area contributed by atoms with E-state index in [2.05, 4.69) is 10.6 Å². The van der Waals surface area contributed by atoms with Gasteiger partial charge in [0.25, 0.3) is 0 Å².